The molecule has 2 aromatic carbocycles. The van der Waals surface area contributed by atoms with E-state index in [4.69, 9.17) is 13.6 Å². The van der Waals surface area contributed by atoms with E-state index < -0.39 is 14.6 Å². The van der Waals surface area contributed by atoms with Crippen LogP contribution in [-0.4, -0.2) is 5.97 Å². The van der Waals surface area contributed by atoms with Crippen LogP contribution in [0.3, 0.4) is 0 Å². The Morgan fingerprint density at radius 2 is 1.85 bits per heavy atom. The Balaban J connectivity index is 1.82. The van der Waals surface area contributed by atoms with Gasteiger partial charge in [-0.15, -0.1) is 0 Å². The summed E-state index contributed by atoms with van der Waals surface area (Å²) >= 11 is 0. The third kappa shape index (κ3) is 2.47. The maximum absolute atomic E-state index is 11.9. The highest BCUT2D eigenvalue weighted by Crippen LogP contribution is 2.47. The molecular weight excluding hydrogens is 275 g/mol. The minimum atomic E-state index is -1.75. The van der Waals surface area contributed by atoms with Crippen LogP contribution in [0, 0.1) is 13.8 Å². The fraction of sp³-hybridized carbons (Fsp3) is 0.133. The number of fused-ring (bicyclic) bond motifs is 1. The smallest absolute Gasteiger partial charge is 0.408 e. The van der Waals surface area contributed by atoms with Gasteiger partial charge in [0.1, 0.15) is 17.1 Å². The summed E-state index contributed by atoms with van der Waals surface area (Å²) in [5.41, 5.74) is 2.55. The third-order valence-corrected chi connectivity index (χ3v) is 3.95. The van der Waals surface area contributed by atoms with Gasteiger partial charge in [-0.3, -0.25) is 0 Å². The molecule has 1 aliphatic rings. The minimum absolute atomic E-state index is 0.414. The van der Waals surface area contributed by atoms with Crippen LogP contribution in [0.5, 0.6) is 11.5 Å². The second kappa shape index (κ2) is 5.14. The number of carbonyl (C=O) groups is 1. The van der Waals surface area contributed by atoms with Gasteiger partial charge in [0.15, 0.2) is 0 Å². The van der Waals surface area contributed by atoms with Crippen LogP contribution in [-0.2, 0) is 4.52 Å². The number of rotatable bonds is 2. The summed E-state index contributed by atoms with van der Waals surface area (Å²) in [6.45, 7) is 3.95. The lowest BCUT2D eigenvalue weighted by atomic mass is 10.1. The van der Waals surface area contributed by atoms with Crippen molar-refractivity contribution in [2.45, 2.75) is 13.8 Å². The van der Waals surface area contributed by atoms with Crippen LogP contribution in [0.25, 0.3) is 0 Å². The van der Waals surface area contributed by atoms with Gasteiger partial charge in [0, 0.05) is 0 Å². The first kappa shape index (κ1) is 12.9. The van der Waals surface area contributed by atoms with Crippen LogP contribution >= 0.6 is 8.60 Å². The van der Waals surface area contributed by atoms with Gasteiger partial charge in [-0.05, 0) is 37.6 Å². The second-order valence-electron chi connectivity index (χ2n) is 4.55. The van der Waals surface area contributed by atoms with Crippen molar-refractivity contribution in [2.24, 2.45) is 0 Å². The van der Waals surface area contributed by atoms with Gasteiger partial charge in [-0.25, -0.2) is 4.79 Å². The normalized spacial score (nSPS) is 16.9. The number of carbonyl (C=O) groups excluding carboxylic acids is 1. The van der Waals surface area contributed by atoms with E-state index >= 15 is 0 Å². The maximum Gasteiger partial charge on any atom is 0.532 e. The van der Waals surface area contributed by atoms with Crippen molar-refractivity contribution in [2.75, 3.05) is 0 Å². The number of aryl methyl sites for hydroxylation is 2. The summed E-state index contributed by atoms with van der Waals surface area (Å²) in [6.07, 6.45) is 0. The largest absolute Gasteiger partial charge is 0.532 e. The molecule has 0 saturated carbocycles. The maximum atomic E-state index is 11.9. The van der Waals surface area contributed by atoms with Gasteiger partial charge in [0.25, 0.3) is 0 Å². The Morgan fingerprint density at radius 3 is 2.65 bits per heavy atom. The van der Waals surface area contributed by atoms with E-state index in [1.807, 2.05) is 38.1 Å². The molecule has 0 saturated heterocycles. The summed E-state index contributed by atoms with van der Waals surface area (Å²) in [5, 5.41) is 0. The van der Waals surface area contributed by atoms with Crippen LogP contribution in [0.15, 0.2) is 42.5 Å². The molecule has 4 nitrogen and oxygen atoms in total. The molecule has 0 spiro atoms. The molecule has 3 rings (SSSR count). The highest BCUT2D eigenvalue weighted by molar-refractivity contribution is 7.43. The zero-order valence-electron chi connectivity index (χ0n) is 11.1. The molecule has 1 aliphatic heterocycles. The zero-order valence-corrected chi connectivity index (χ0v) is 12.0. The molecule has 1 atom stereocenters. The van der Waals surface area contributed by atoms with Crippen molar-refractivity contribution in [3.63, 3.8) is 0 Å². The average molecular weight is 288 g/mol. The Morgan fingerprint density at radius 1 is 1.05 bits per heavy atom. The molecule has 5 heteroatoms. The van der Waals surface area contributed by atoms with Crippen molar-refractivity contribution in [1.29, 1.82) is 0 Å². The van der Waals surface area contributed by atoms with Crippen molar-refractivity contribution in [3.05, 3.63) is 59.2 Å². The fourth-order valence-corrected chi connectivity index (χ4v) is 2.98. The second-order valence-corrected chi connectivity index (χ2v) is 5.54. The molecule has 2 aromatic rings. The van der Waals surface area contributed by atoms with E-state index in [2.05, 4.69) is 0 Å². The van der Waals surface area contributed by atoms with Gasteiger partial charge >= 0.3 is 14.6 Å². The molecular formula is C15H13O4P. The van der Waals surface area contributed by atoms with Crippen molar-refractivity contribution >= 4 is 14.6 Å². The molecule has 0 aliphatic carbocycles. The summed E-state index contributed by atoms with van der Waals surface area (Å²) in [6, 6.07) is 12.8. The quantitative estimate of drug-likeness (QED) is 0.778. The van der Waals surface area contributed by atoms with Crippen molar-refractivity contribution in [3.8, 4) is 11.5 Å². The standard InChI is InChI=1S/C15H13O4P/c1-10-7-8-13(11(2)9-10)17-20-18-14-6-4-3-5-12(14)15(16)19-20/h3-9H,1-2H3. The van der Waals surface area contributed by atoms with Crippen molar-refractivity contribution < 1.29 is 18.4 Å². The van der Waals surface area contributed by atoms with Gasteiger partial charge in [-0.2, -0.15) is 0 Å². The Bertz CT molecular complexity index is 669. The highest BCUT2D eigenvalue weighted by atomic mass is 31.2. The molecule has 0 N–H and O–H groups in total. The summed E-state index contributed by atoms with van der Waals surface area (Å²) < 4.78 is 16.4. The van der Waals surface area contributed by atoms with E-state index in [-0.39, 0.29) is 0 Å². The molecule has 1 heterocycles. The molecule has 0 bridgehead atoms. The molecule has 0 amide bonds. The lowest BCUT2D eigenvalue weighted by Crippen LogP contribution is -2.14. The van der Waals surface area contributed by atoms with Crippen LogP contribution in [0.1, 0.15) is 21.5 Å². The number of benzene rings is 2. The lowest BCUT2D eigenvalue weighted by Gasteiger charge is -2.23. The third-order valence-electron chi connectivity index (χ3n) is 2.94. The molecule has 0 fully saturated rings. The molecule has 1 unspecified atom stereocenters. The minimum Gasteiger partial charge on any atom is -0.408 e. The fourth-order valence-electron chi connectivity index (χ4n) is 1.95. The molecule has 102 valence electrons. The van der Waals surface area contributed by atoms with E-state index in [9.17, 15) is 4.79 Å². The summed E-state index contributed by atoms with van der Waals surface area (Å²) in [5.74, 6) is 0.747. The van der Waals surface area contributed by atoms with Gasteiger partial charge in [0.05, 0.1) is 0 Å². The van der Waals surface area contributed by atoms with E-state index in [0.29, 0.717) is 17.1 Å². The Labute approximate surface area is 118 Å². The zero-order chi connectivity index (χ0) is 14.1. The summed E-state index contributed by atoms with van der Waals surface area (Å²) in [4.78, 5) is 11.9. The topological polar surface area (TPSA) is 44.8 Å². The predicted molar refractivity (Wildman–Crippen MR) is 75.9 cm³/mol. The average Bonchev–Trinajstić information content (AvgIpc) is 2.42. The van der Waals surface area contributed by atoms with Crippen molar-refractivity contribution in [1.82, 2.24) is 0 Å². The SMILES string of the molecule is Cc1ccc(OP2OC(=O)c3ccccc3O2)c(C)c1. The molecule has 0 radical (unpaired) electrons. The van der Waals surface area contributed by atoms with Gasteiger partial charge in [-0.1, -0.05) is 29.8 Å². The predicted octanol–water partition coefficient (Wildman–Crippen LogP) is 4.16. The molecule has 20 heavy (non-hydrogen) atoms. The van der Waals surface area contributed by atoms with E-state index in [1.54, 1.807) is 18.2 Å². The Hall–Kier alpha value is -2.06. The van der Waals surface area contributed by atoms with Gasteiger partial charge in [0.2, 0.25) is 0 Å². The van der Waals surface area contributed by atoms with E-state index in [1.165, 1.54) is 0 Å². The lowest BCUT2D eigenvalue weighted by molar-refractivity contribution is 0.0697. The molecule has 0 aromatic heterocycles. The van der Waals surface area contributed by atoms with Crippen LogP contribution < -0.4 is 9.05 Å². The first-order chi connectivity index (χ1) is 9.63. The highest BCUT2D eigenvalue weighted by Gasteiger charge is 2.32. The number of hydrogen-bond donors (Lipinski definition) is 0. The van der Waals surface area contributed by atoms with E-state index in [0.717, 1.165) is 11.1 Å². The number of hydrogen-bond acceptors (Lipinski definition) is 4. The van der Waals surface area contributed by atoms with Crippen LogP contribution in [0.2, 0.25) is 0 Å². The van der Waals surface area contributed by atoms with Crippen LogP contribution in [0.4, 0.5) is 0 Å². The monoisotopic (exact) mass is 288 g/mol. The first-order valence-electron chi connectivity index (χ1n) is 6.18. The van der Waals surface area contributed by atoms with Gasteiger partial charge < -0.3 is 13.6 Å². The summed E-state index contributed by atoms with van der Waals surface area (Å²) in [7, 11) is -1.75. The number of para-hydroxylation sites is 1. The first-order valence-corrected chi connectivity index (χ1v) is 7.28. The Kier molecular flexibility index (Phi) is 3.33.